The maximum atomic E-state index is 5.36. The molecule has 2 rings (SSSR count). The van der Waals surface area contributed by atoms with E-state index in [0.29, 0.717) is 0 Å². The molecule has 0 amide bonds. The van der Waals surface area contributed by atoms with Crippen molar-refractivity contribution in [3.63, 3.8) is 0 Å². The van der Waals surface area contributed by atoms with Crippen molar-refractivity contribution in [3.8, 4) is 11.5 Å². The van der Waals surface area contributed by atoms with E-state index in [9.17, 15) is 0 Å². The van der Waals surface area contributed by atoms with E-state index in [1.165, 1.54) is 5.56 Å². The van der Waals surface area contributed by atoms with Gasteiger partial charge in [-0.05, 0) is 30.5 Å². The molecule has 0 aromatic heterocycles. The Kier molecular flexibility index (Phi) is 2.44. The van der Waals surface area contributed by atoms with Crippen LogP contribution in [0.4, 0.5) is 0 Å². The summed E-state index contributed by atoms with van der Waals surface area (Å²) in [4.78, 5) is 0. The van der Waals surface area contributed by atoms with E-state index in [2.05, 4.69) is 12.2 Å². The molecule has 0 bridgehead atoms. The summed E-state index contributed by atoms with van der Waals surface area (Å²) in [6.45, 7) is 0. The molecule has 0 heterocycles. The molecule has 1 aliphatic rings. The van der Waals surface area contributed by atoms with Gasteiger partial charge in [-0.1, -0.05) is 12.1 Å². The molecular weight excluding hydrogens is 176 g/mol. The van der Waals surface area contributed by atoms with E-state index < -0.39 is 0 Å². The van der Waals surface area contributed by atoms with E-state index in [-0.39, 0.29) is 0 Å². The Balaban J connectivity index is 2.56. The maximum Gasteiger partial charge on any atom is 0.164 e. The molecule has 0 saturated heterocycles. The average Bonchev–Trinajstić information content (AvgIpc) is 2.27. The van der Waals surface area contributed by atoms with Gasteiger partial charge in [0, 0.05) is 5.56 Å². The summed E-state index contributed by atoms with van der Waals surface area (Å²) >= 11 is 0. The predicted molar refractivity (Wildman–Crippen MR) is 54.8 cm³/mol. The molecule has 1 radical (unpaired) electrons. The SMILES string of the molecule is COc1ccc2c(c1OC)CCC=[C]2. The van der Waals surface area contributed by atoms with Crippen LogP contribution in [0.2, 0.25) is 0 Å². The zero-order chi connectivity index (χ0) is 9.97. The predicted octanol–water partition coefficient (Wildman–Crippen LogP) is 2.36. The van der Waals surface area contributed by atoms with Gasteiger partial charge in [0.1, 0.15) is 0 Å². The van der Waals surface area contributed by atoms with Gasteiger partial charge in [0.05, 0.1) is 14.2 Å². The van der Waals surface area contributed by atoms with Gasteiger partial charge in [-0.25, -0.2) is 0 Å². The normalized spacial score (nSPS) is 13.6. The van der Waals surface area contributed by atoms with Crippen molar-refractivity contribution in [2.75, 3.05) is 14.2 Å². The highest BCUT2D eigenvalue weighted by atomic mass is 16.5. The minimum Gasteiger partial charge on any atom is -0.493 e. The third-order valence-corrected chi connectivity index (χ3v) is 2.44. The average molecular weight is 189 g/mol. The van der Waals surface area contributed by atoms with Crippen molar-refractivity contribution in [1.82, 2.24) is 0 Å². The molecule has 1 aromatic carbocycles. The van der Waals surface area contributed by atoms with Gasteiger partial charge in [0.25, 0.3) is 0 Å². The third-order valence-electron chi connectivity index (χ3n) is 2.44. The van der Waals surface area contributed by atoms with Gasteiger partial charge < -0.3 is 9.47 Å². The topological polar surface area (TPSA) is 18.5 Å². The van der Waals surface area contributed by atoms with Gasteiger partial charge in [-0.3, -0.25) is 0 Å². The maximum absolute atomic E-state index is 5.36. The molecule has 0 saturated carbocycles. The van der Waals surface area contributed by atoms with Gasteiger partial charge in [0.15, 0.2) is 11.5 Å². The van der Waals surface area contributed by atoms with Crippen molar-refractivity contribution in [2.24, 2.45) is 0 Å². The molecule has 0 N–H and O–H groups in total. The van der Waals surface area contributed by atoms with Crippen molar-refractivity contribution in [3.05, 3.63) is 35.4 Å². The fraction of sp³-hybridized carbons (Fsp3) is 0.333. The van der Waals surface area contributed by atoms with E-state index in [1.54, 1.807) is 14.2 Å². The highest BCUT2D eigenvalue weighted by Crippen LogP contribution is 2.35. The molecule has 2 nitrogen and oxygen atoms in total. The molecular formula is C12H13O2. The highest BCUT2D eigenvalue weighted by molar-refractivity contribution is 5.53. The Bertz CT molecular complexity index is 367. The van der Waals surface area contributed by atoms with E-state index >= 15 is 0 Å². The fourth-order valence-corrected chi connectivity index (χ4v) is 1.77. The largest absolute Gasteiger partial charge is 0.493 e. The van der Waals surface area contributed by atoms with Crippen LogP contribution in [0, 0.1) is 6.08 Å². The zero-order valence-corrected chi connectivity index (χ0v) is 8.46. The summed E-state index contributed by atoms with van der Waals surface area (Å²) in [6, 6.07) is 3.94. The first-order valence-electron chi connectivity index (χ1n) is 4.69. The smallest absolute Gasteiger partial charge is 0.164 e. The van der Waals surface area contributed by atoms with Crippen LogP contribution in [0.25, 0.3) is 0 Å². The minimum absolute atomic E-state index is 0.801. The van der Waals surface area contributed by atoms with Crippen molar-refractivity contribution in [1.29, 1.82) is 0 Å². The summed E-state index contributed by atoms with van der Waals surface area (Å²) in [7, 11) is 3.34. The first-order chi connectivity index (χ1) is 6.86. The molecule has 1 aromatic rings. The van der Waals surface area contributed by atoms with E-state index in [1.807, 2.05) is 12.1 Å². The van der Waals surface area contributed by atoms with Gasteiger partial charge in [0.2, 0.25) is 0 Å². The zero-order valence-electron chi connectivity index (χ0n) is 8.46. The van der Waals surface area contributed by atoms with Crippen LogP contribution in [0.1, 0.15) is 17.5 Å². The standard InChI is InChI=1S/C12H13O2/c1-13-11-8-7-9-5-3-4-6-10(9)12(11)14-2/h3,7-8H,4,6H2,1-2H3. The first-order valence-corrected chi connectivity index (χ1v) is 4.69. The van der Waals surface area contributed by atoms with Gasteiger partial charge >= 0.3 is 0 Å². The molecule has 0 fully saturated rings. The van der Waals surface area contributed by atoms with Crippen LogP contribution < -0.4 is 9.47 Å². The summed E-state index contributed by atoms with van der Waals surface area (Å²) in [5, 5.41) is 0. The third kappa shape index (κ3) is 1.37. The van der Waals surface area contributed by atoms with E-state index in [0.717, 1.165) is 29.9 Å². The van der Waals surface area contributed by atoms with Crippen molar-refractivity contribution < 1.29 is 9.47 Å². The number of allylic oxidation sites excluding steroid dienone is 1. The summed E-state index contributed by atoms with van der Waals surface area (Å²) in [5.74, 6) is 1.65. The Labute approximate surface area is 84.2 Å². The van der Waals surface area contributed by atoms with Crippen LogP contribution in [0.15, 0.2) is 18.2 Å². The summed E-state index contributed by atoms with van der Waals surface area (Å²) < 4.78 is 10.6. The summed E-state index contributed by atoms with van der Waals surface area (Å²) in [6.07, 6.45) is 7.32. The number of hydrogen-bond donors (Lipinski definition) is 0. The Hall–Kier alpha value is -1.44. The van der Waals surface area contributed by atoms with Gasteiger partial charge in [-0.15, -0.1) is 0 Å². The summed E-state index contributed by atoms with van der Waals surface area (Å²) in [5.41, 5.74) is 2.32. The Morgan fingerprint density at radius 3 is 2.79 bits per heavy atom. The lowest BCUT2D eigenvalue weighted by Gasteiger charge is -2.16. The lowest BCUT2D eigenvalue weighted by atomic mass is 9.96. The number of benzene rings is 1. The second-order valence-electron chi connectivity index (χ2n) is 3.21. The Morgan fingerprint density at radius 2 is 2.07 bits per heavy atom. The highest BCUT2D eigenvalue weighted by Gasteiger charge is 2.14. The molecule has 0 spiro atoms. The molecule has 0 aliphatic heterocycles. The molecule has 73 valence electrons. The van der Waals surface area contributed by atoms with Crippen LogP contribution >= 0.6 is 0 Å². The van der Waals surface area contributed by atoms with Crippen molar-refractivity contribution >= 4 is 0 Å². The minimum atomic E-state index is 0.801. The quantitative estimate of drug-likeness (QED) is 0.711. The fourth-order valence-electron chi connectivity index (χ4n) is 1.77. The van der Waals surface area contributed by atoms with Crippen LogP contribution in [-0.4, -0.2) is 14.2 Å². The number of rotatable bonds is 2. The lowest BCUT2D eigenvalue weighted by molar-refractivity contribution is 0.351. The molecule has 0 atom stereocenters. The first kappa shape index (κ1) is 9.13. The molecule has 0 unspecified atom stereocenters. The second-order valence-corrected chi connectivity index (χ2v) is 3.21. The molecule has 2 heteroatoms. The monoisotopic (exact) mass is 189 g/mol. The lowest BCUT2D eigenvalue weighted by Crippen LogP contribution is -2.01. The number of fused-ring (bicyclic) bond motifs is 1. The number of methoxy groups -OCH3 is 2. The van der Waals surface area contributed by atoms with E-state index in [4.69, 9.17) is 9.47 Å². The van der Waals surface area contributed by atoms with Crippen molar-refractivity contribution in [2.45, 2.75) is 12.8 Å². The van der Waals surface area contributed by atoms with Gasteiger partial charge in [-0.2, -0.15) is 0 Å². The second kappa shape index (κ2) is 3.74. The number of hydrogen-bond acceptors (Lipinski definition) is 2. The van der Waals surface area contributed by atoms with Crippen LogP contribution in [0.3, 0.4) is 0 Å². The molecule has 1 aliphatic carbocycles. The van der Waals surface area contributed by atoms with Crippen LogP contribution in [-0.2, 0) is 6.42 Å². The Morgan fingerprint density at radius 1 is 1.21 bits per heavy atom. The number of ether oxygens (including phenoxy) is 2. The van der Waals surface area contributed by atoms with Crippen LogP contribution in [0.5, 0.6) is 11.5 Å². The molecule has 14 heavy (non-hydrogen) atoms.